The summed E-state index contributed by atoms with van der Waals surface area (Å²) in [6.07, 6.45) is 3.01. The summed E-state index contributed by atoms with van der Waals surface area (Å²) in [7, 11) is -3.99. The summed E-state index contributed by atoms with van der Waals surface area (Å²) < 4.78 is 26.8. The lowest BCUT2D eigenvalue weighted by molar-refractivity contribution is 0.196. The lowest BCUT2D eigenvalue weighted by atomic mass is 9.94. The summed E-state index contributed by atoms with van der Waals surface area (Å²) in [5, 5.41) is 1.72. The molecule has 2 aromatic carbocycles. The predicted molar refractivity (Wildman–Crippen MR) is 103 cm³/mol. The van der Waals surface area contributed by atoms with Gasteiger partial charge in [-0.15, -0.1) is 4.83 Å². The largest absolute Gasteiger partial charge is 0.321 e. The highest BCUT2D eigenvalue weighted by atomic mass is 32.2. The molecule has 2 atom stereocenters. The smallest absolute Gasteiger partial charge is 0.249 e. The van der Waals surface area contributed by atoms with Gasteiger partial charge in [-0.2, -0.15) is 0 Å². The van der Waals surface area contributed by atoms with Gasteiger partial charge in [0.1, 0.15) is 0 Å². The number of nitrogens with zero attached hydrogens (tertiary/aromatic N) is 1. The van der Waals surface area contributed by atoms with Crippen molar-refractivity contribution < 1.29 is 8.42 Å². The van der Waals surface area contributed by atoms with E-state index in [0.29, 0.717) is 24.2 Å². The van der Waals surface area contributed by atoms with Crippen molar-refractivity contribution in [2.24, 2.45) is 11.5 Å². The highest BCUT2D eigenvalue weighted by molar-refractivity contribution is 7.90. The molecule has 1 heterocycles. The molecule has 1 fully saturated rings. The van der Waals surface area contributed by atoms with E-state index in [-0.39, 0.29) is 0 Å². The zero-order chi connectivity index (χ0) is 18.6. The van der Waals surface area contributed by atoms with Gasteiger partial charge < -0.3 is 11.5 Å². The Hall–Kier alpha value is -1.77. The lowest BCUT2D eigenvalue weighted by Gasteiger charge is -2.38. The predicted octanol–water partition coefficient (Wildman–Crippen LogP) is 1.82. The van der Waals surface area contributed by atoms with Gasteiger partial charge in [0.2, 0.25) is 10.0 Å². The molecule has 0 unspecified atom stereocenters. The molecule has 2 aromatic rings. The number of hydrazine groups is 1. The molecule has 1 aliphatic heterocycles. The normalized spacial score (nSPS) is 19.6. The molecule has 0 aliphatic carbocycles. The van der Waals surface area contributed by atoms with Crippen LogP contribution in [0.4, 0.5) is 0 Å². The van der Waals surface area contributed by atoms with Crippen molar-refractivity contribution in [1.82, 2.24) is 9.84 Å². The molecule has 6 nitrogen and oxygen atoms in total. The Morgan fingerprint density at radius 3 is 2.04 bits per heavy atom. The van der Waals surface area contributed by atoms with Crippen molar-refractivity contribution in [3.63, 3.8) is 0 Å². The van der Waals surface area contributed by atoms with Crippen LogP contribution in [-0.4, -0.2) is 26.5 Å². The Bertz CT molecular complexity index is 808. The van der Waals surface area contributed by atoms with Crippen LogP contribution in [0.5, 0.6) is 0 Å². The molecule has 26 heavy (non-hydrogen) atoms. The van der Waals surface area contributed by atoms with Crippen LogP contribution in [-0.2, 0) is 14.9 Å². The van der Waals surface area contributed by atoms with Crippen LogP contribution in [0.15, 0.2) is 60.7 Å². The Labute approximate surface area is 155 Å². The van der Waals surface area contributed by atoms with Gasteiger partial charge >= 0.3 is 0 Å². The van der Waals surface area contributed by atoms with E-state index in [9.17, 15) is 8.42 Å². The lowest BCUT2D eigenvalue weighted by Crippen LogP contribution is -2.60. The van der Waals surface area contributed by atoms with Gasteiger partial charge in [-0.25, -0.2) is 13.4 Å². The fourth-order valence-electron chi connectivity index (χ4n) is 3.34. The molecule has 0 spiro atoms. The second-order valence-corrected chi connectivity index (χ2v) is 8.55. The number of hydrogen-bond acceptors (Lipinski definition) is 5. The average molecular weight is 375 g/mol. The first-order valence-corrected chi connectivity index (χ1v) is 10.4. The highest BCUT2D eigenvalue weighted by Crippen LogP contribution is 2.35. The fraction of sp³-hybridized carbons (Fsp3) is 0.368. The molecule has 1 aliphatic rings. The summed E-state index contributed by atoms with van der Waals surface area (Å²) in [6.45, 7) is 1.34. The maximum atomic E-state index is 13.4. The minimum atomic E-state index is -3.99. The van der Waals surface area contributed by atoms with Gasteiger partial charge in [-0.1, -0.05) is 67.1 Å². The van der Waals surface area contributed by atoms with Crippen LogP contribution in [0.2, 0.25) is 0 Å². The molecule has 0 saturated carbocycles. The van der Waals surface area contributed by atoms with Crippen molar-refractivity contribution in [3.8, 4) is 0 Å². The van der Waals surface area contributed by atoms with Crippen LogP contribution < -0.4 is 16.3 Å². The first-order valence-electron chi connectivity index (χ1n) is 8.87. The minimum Gasteiger partial charge on any atom is -0.321 e. The molecular weight excluding hydrogens is 348 g/mol. The second kappa shape index (κ2) is 7.85. The van der Waals surface area contributed by atoms with Gasteiger partial charge in [-0.05, 0) is 24.0 Å². The van der Waals surface area contributed by atoms with E-state index in [0.717, 1.165) is 19.3 Å². The molecule has 0 aromatic heterocycles. The highest BCUT2D eigenvalue weighted by Gasteiger charge is 2.48. The molecule has 140 valence electrons. The van der Waals surface area contributed by atoms with Crippen LogP contribution >= 0.6 is 0 Å². The number of sulfonamides is 1. The Morgan fingerprint density at radius 2 is 1.46 bits per heavy atom. The van der Waals surface area contributed by atoms with Crippen molar-refractivity contribution in [2.45, 2.75) is 30.2 Å². The zero-order valence-electron chi connectivity index (χ0n) is 14.7. The van der Waals surface area contributed by atoms with Gasteiger partial charge in [0.25, 0.3) is 0 Å². The third-order valence-electron chi connectivity index (χ3n) is 4.90. The number of rotatable bonds is 6. The van der Waals surface area contributed by atoms with Crippen LogP contribution in [0, 0.1) is 0 Å². The molecule has 0 amide bonds. The molecule has 0 radical (unpaired) electrons. The maximum Gasteiger partial charge on any atom is 0.249 e. The first kappa shape index (κ1) is 19.0. The number of nitrogens with two attached hydrogens (primary N) is 2. The monoisotopic (exact) mass is 374 g/mol. The molecular formula is C19H26N4O2S. The van der Waals surface area contributed by atoms with Crippen molar-refractivity contribution in [1.29, 1.82) is 0 Å². The quantitative estimate of drug-likeness (QED) is 0.716. The molecule has 3 rings (SSSR count). The molecule has 0 bridgehead atoms. The number of piperidine rings is 1. The molecule has 7 heteroatoms. The van der Waals surface area contributed by atoms with E-state index in [1.807, 2.05) is 24.3 Å². The van der Waals surface area contributed by atoms with E-state index < -0.39 is 20.9 Å². The number of benzene rings is 2. The summed E-state index contributed by atoms with van der Waals surface area (Å²) in [5.41, 5.74) is 14.2. The van der Waals surface area contributed by atoms with Crippen LogP contribution in [0.3, 0.4) is 0 Å². The first-order chi connectivity index (χ1) is 12.4. The topological polar surface area (TPSA) is 101 Å². The van der Waals surface area contributed by atoms with Crippen molar-refractivity contribution in [3.05, 3.63) is 71.8 Å². The van der Waals surface area contributed by atoms with Gasteiger partial charge in [0, 0.05) is 13.1 Å². The third-order valence-corrected chi connectivity index (χ3v) is 6.77. The summed E-state index contributed by atoms with van der Waals surface area (Å²) in [6, 6.07) is 17.0. The summed E-state index contributed by atoms with van der Waals surface area (Å²) >= 11 is 0. The number of hydrogen-bond donors (Lipinski definition) is 3. The molecule has 5 N–H and O–H groups in total. The fourth-order valence-corrected chi connectivity index (χ4v) is 4.93. The third kappa shape index (κ3) is 3.67. The Balaban J connectivity index is 2.02. The van der Waals surface area contributed by atoms with E-state index in [1.165, 1.54) is 0 Å². The van der Waals surface area contributed by atoms with Crippen LogP contribution in [0.25, 0.3) is 0 Å². The van der Waals surface area contributed by atoms with Gasteiger partial charge in [0.15, 0.2) is 4.87 Å². The maximum absolute atomic E-state index is 13.4. The Kier molecular flexibility index (Phi) is 5.74. The van der Waals surface area contributed by atoms with E-state index >= 15 is 0 Å². The van der Waals surface area contributed by atoms with Crippen molar-refractivity contribution >= 4 is 10.0 Å². The van der Waals surface area contributed by atoms with Gasteiger partial charge in [0.05, 0.1) is 6.04 Å². The second-order valence-electron chi connectivity index (χ2n) is 6.69. The molecule has 1 saturated heterocycles. The number of nitrogens with one attached hydrogen (secondary N) is 1. The average Bonchev–Trinajstić information content (AvgIpc) is 2.68. The SMILES string of the molecule is N[C@@H](c1ccccc1)[C@](N)(c1ccccc1)S(=O)(=O)NN1CCCCC1. The van der Waals surface area contributed by atoms with E-state index in [4.69, 9.17) is 11.5 Å². The van der Waals surface area contributed by atoms with Gasteiger partial charge in [-0.3, -0.25) is 0 Å². The summed E-state index contributed by atoms with van der Waals surface area (Å²) in [4.78, 5) is 0.887. The van der Waals surface area contributed by atoms with Crippen molar-refractivity contribution in [2.75, 3.05) is 13.1 Å². The summed E-state index contributed by atoms with van der Waals surface area (Å²) in [5.74, 6) is 0. The van der Waals surface area contributed by atoms with E-state index in [2.05, 4.69) is 4.83 Å². The Morgan fingerprint density at radius 1 is 0.923 bits per heavy atom. The van der Waals surface area contributed by atoms with Crippen LogP contribution in [0.1, 0.15) is 36.4 Å². The van der Waals surface area contributed by atoms with E-state index in [1.54, 1.807) is 41.4 Å². The zero-order valence-corrected chi connectivity index (χ0v) is 15.5. The standard InChI is InChI=1S/C19H26N4O2S/c20-18(16-10-4-1-5-11-16)19(21,17-12-6-2-7-13-17)26(24,25)22-23-14-8-3-9-15-23/h1-2,4-7,10-13,18,22H,3,8-9,14-15,20-21H2/t18-,19-/m0/s1. The minimum absolute atomic E-state index is 0.459.